The van der Waals surface area contributed by atoms with Crippen LogP contribution in [0.15, 0.2) is 42.6 Å². The van der Waals surface area contributed by atoms with Crippen molar-refractivity contribution in [1.29, 1.82) is 0 Å². The number of hydrogen-bond donors (Lipinski definition) is 1. The van der Waals surface area contributed by atoms with Crippen LogP contribution in [-0.2, 0) is 9.53 Å². The van der Waals surface area contributed by atoms with Crippen molar-refractivity contribution < 1.29 is 32.2 Å². The number of ether oxygens (including phenoxy) is 3. The second-order valence-electron chi connectivity index (χ2n) is 10.00. The Morgan fingerprint density at radius 3 is 2.64 bits per heavy atom. The summed E-state index contributed by atoms with van der Waals surface area (Å²) in [4.78, 5) is 19.2. The maximum atomic E-state index is 14.8. The fraction of sp³-hybridized carbons (Fsp3) is 0.448. The number of pyridine rings is 1. The van der Waals surface area contributed by atoms with Crippen LogP contribution in [0.2, 0.25) is 0 Å². The molecule has 1 amide bonds. The van der Waals surface area contributed by atoms with Gasteiger partial charge in [0.25, 0.3) is 6.43 Å². The number of benzene rings is 2. The molecule has 3 aromatic rings. The van der Waals surface area contributed by atoms with E-state index in [1.54, 1.807) is 32.4 Å². The van der Waals surface area contributed by atoms with Gasteiger partial charge in [0.2, 0.25) is 5.91 Å². The SMILES string of the molecule is COc1cc2nccc(N[C@H](C)c3cccc(C(F)F)c3F)c2cc1O[C@H]1CCN(C(=O)C2CCOCC2)C1. The summed E-state index contributed by atoms with van der Waals surface area (Å²) in [5, 5.41) is 3.95. The molecule has 3 heterocycles. The summed E-state index contributed by atoms with van der Waals surface area (Å²) in [6.45, 7) is 4.07. The van der Waals surface area contributed by atoms with Crippen molar-refractivity contribution in [3.05, 3.63) is 59.5 Å². The van der Waals surface area contributed by atoms with E-state index in [0.717, 1.165) is 18.9 Å². The zero-order chi connectivity index (χ0) is 27.5. The largest absolute Gasteiger partial charge is 0.493 e. The quantitative estimate of drug-likeness (QED) is 0.382. The van der Waals surface area contributed by atoms with Crippen molar-refractivity contribution in [1.82, 2.24) is 9.88 Å². The molecule has 2 atom stereocenters. The Kier molecular flexibility index (Phi) is 8.11. The lowest BCUT2D eigenvalue weighted by Gasteiger charge is -2.26. The molecule has 7 nitrogen and oxygen atoms in total. The lowest BCUT2D eigenvalue weighted by Crippen LogP contribution is -2.38. The number of nitrogens with zero attached hydrogens (tertiary/aromatic N) is 2. The zero-order valence-electron chi connectivity index (χ0n) is 22.0. The van der Waals surface area contributed by atoms with Crippen molar-refractivity contribution in [2.45, 2.75) is 44.8 Å². The van der Waals surface area contributed by atoms with Crippen molar-refractivity contribution in [3.63, 3.8) is 0 Å². The number of amides is 1. The minimum Gasteiger partial charge on any atom is -0.493 e. The smallest absolute Gasteiger partial charge is 0.266 e. The van der Waals surface area contributed by atoms with E-state index < -0.39 is 23.8 Å². The average molecular weight is 544 g/mol. The maximum Gasteiger partial charge on any atom is 0.266 e. The number of rotatable bonds is 8. The molecule has 0 radical (unpaired) electrons. The van der Waals surface area contributed by atoms with Gasteiger partial charge in [0, 0.05) is 61.0 Å². The highest BCUT2D eigenvalue weighted by atomic mass is 19.3. The fourth-order valence-corrected chi connectivity index (χ4v) is 5.32. The van der Waals surface area contributed by atoms with Gasteiger partial charge in [0.15, 0.2) is 11.5 Å². The predicted octanol–water partition coefficient (Wildman–Crippen LogP) is 5.90. The van der Waals surface area contributed by atoms with Crippen LogP contribution in [0.1, 0.15) is 49.8 Å². The summed E-state index contributed by atoms with van der Waals surface area (Å²) in [5.41, 5.74) is 0.788. The van der Waals surface area contributed by atoms with Gasteiger partial charge in [-0.25, -0.2) is 13.2 Å². The average Bonchev–Trinajstić information content (AvgIpc) is 3.41. The number of anilines is 1. The van der Waals surface area contributed by atoms with E-state index in [0.29, 0.717) is 60.8 Å². The third-order valence-corrected chi connectivity index (χ3v) is 7.48. The van der Waals surface area contributed by atoms with Gasteiger partial charge in [-0.2, -0.15) is 0 Å². The summed E-state index contributed by atoms with van der Waals surface area (Å²) in [5.74, 6) is 0.246. The fourth-order valence-electron chi connectivity index (χ4n) is 5.32. The summed E-state index contributed by atoms with van der Waals surface area (Å²) in [7, 11) is 1.55. The Morgan fingerprint density at radius 1 is 1.13 bits per heavy atom. The highest BCUT2D eigenvalue weighted by Crippen LogP contribution is 2.38. The molecule has 2 fully saturated rings. The Morgan fingerprint density at radius 2 is 1.90 bits per heavy atom. The van der Waals surface area contributed by atoms with Crippen molar-refractivity contribution in [2.24, 2.45) is 5.92 Å². The number of alkyl halides is 2. The van der Waals surface area contributed by atoms with Gasteiger partial charge in [-0.3, -0.25) is 9.78 Å². The number of hydrogen-bond acceptors (Lipinski definition) is 6. The Labute approximate surface area is 225 Å². The van der Waals surface area contributed by atoms with Crippen LogP contribution in [0.5, 0.6) is 11.5 Å². The number of aromatic nitrogens is 1. The molecule has 39 heavy (non-hydrogen) atoms. The first kappa shape index (κ1) is 27.1. The number of methoxy groups -OCH3 is 1. The lowest BCUT2D eigenvalue weighted by molar-refractivity contribution is -0.137. The molecule has 1 N–H and O–H groups in total. The Hall–Kier alpha value is -3.53. The molecule has 0 unspecified atom stereocenters. The van der Waals surface area contributed by atoms with Crippen LogP contribution < -0.4 is 14.8 Å². The molecule has 2 aliphatic heterocycles. The molecule has 2 aromatic carbocycles. The maximum absolute atomic E-state index is 14.8. The first-order valence-corrected chi connectivity index (χ1v) is 13.2. The van der Waals surface area contributed by atoms with E-state index in [9.17, 15) is 18.0 Å². The first-order chi connectivity index (χ1) is 18.9. The molecule has 0 saturated carbocycles. The number of carbonyl (C=O) groups excluding carboxylic acids is 1. The van der Waals surface area contributed by atoms with Crippen LogP contribution in [0.25, 0.3) is 10.9 Å². The van der Waals surface area contributed by atoms with Crippen LogP contribution in [0.4, 0.5) is 18.9 Å². The second-order valence-corrected chi connectivity index (χ2v) is 10.00. The number of fused-ring (bicyclic) bond motifs is 1. The number of likely N-dealkylation sites (tertiary alicyclic amines) is 1. The first-order valence-electron chi connectivity index (χ1n) is 13.2. The Bertz CT molecular complexity index is 1330. The van der Waals surface area contributed by atoms with Gasteiger partial charge >= 0.3 is 0 Å². The monoisotopic (exact) mass is 543 g/mol. The summed E-state index contributed by atoms with van der Waals surface area (Å²) >= 11 is 0. The summed E-state index contributed by atoms with van der Waals surface area (Å²) < 4.78 is 58.5. The van der Waals surface area contributed by atoms with E-state index in [1.807, 2.05) is 11.0 Å². The minimum atomic E-state index is -2.90. The third-order valence-electron chi connectivity index (χ3n) is 7.48. The normalized spacial score (nSPS) is 18.9. The number of nitrogens with one attached hydrogen (secondary N) is 1. The molecule has 0 aliphatic carbocycles. The molecular formula is C29H32F3N3O4. The standard InChI is InChI=1S/C29H32F3N3O4/c1-17(20-4-3-5-21(27(20)30)28(31)32)34-23-6-10-33-24-15-25(37-2)26(14-22(23)24)39-19-7-11-35(16-19)29(36)18-8-12-38-13-9-18/h3-6,10,14-15,17-19,28H,7-9,11-13,16H2,1-2H3,(H,33,34)/t17-,19+/m1/s1. The highest BCUT2D eigenvalue weighted by molar-refractivity contribution is 5.93. The van der Waals surface area contributed by atoms with E-state index in [1.165, 1.54) is 12.1 Å². The number of carbonyl (C=O) groups is 1. The predicted molar refractivity (Wildman–Crippen MR) is 141 cm³/mol. The zero-order valence-corrected chi connectivity index (χ0v) is 22.0. The topological polar surface area (TPSA) is 72.9 Å². The molecule has 0 bridgehead atoms. The van der Waals surface area contributed by atoms with Crippen LogP contribution >= 0.6 is 0 Å². The van der Waals surface area contributed by atoms with Crippen LogP contribution in [0.3, 0.4) is 0 Å². The molecule has 1 aromatic heterocycles. The Balaban J connectivity index is 1.36. The van der Waals surface area contributed by atoms with Gasteiger partial charge in [-0.1, -0.05) is 18.2 Å². The van der Waals surface area contributed by atoms with Crippen LogP contribution in [0, 0.1) is 11.7 Å². The second kappa shape index (κ2) is 11.7. The van der Waals surface area contributed by atoms with E-state index in [4.69, 9.17) is 14.2 Å². The van der Waals surface area contributed by atoms with E-state index in [-0.39, 0.29) is 23.5 Å². The van der Waals surface area contributed by atoms with Crippen molar-refractivity contribution in [2.75, 3.05) is 38.7 Å². The van der Waals surface area contributed by atoms with E-state index >= 15 is 0 Å². The molecule has 2 saturated heterocycles. The molecule has 208 valence electrons. The summed E-state index contributed by atoms with van der Waals surface area (Å²) in [6.07, 6.45) is 0.710. The van der Waals surface area contributed by atoms with Gasteiger partial charge in [-0.05, 0) is 31.9 Å². The van der Waals surface area contributed by atoms with Gasteiger partial charge in [0.1, 0.15) is 11.9 Å². The molecular weight excluding hydrogens is 511 g/mol. The molecule has 5 rings (SSSR count). The summed E-state index contributed by atoms with van der Waals surface area (Å²) in [6, 6.07) is 8.73. The third kappa shape index (κ3) is 5.75. The molecule has 0 spiro atoms. The van der Waals surface area contributed by atoms with E-state index in [2.05, 4.69) is 10.3 Å². The highest BCUT2D eigenvalue weighted by Gasteiger charge is 2.33. The van der Waals surface area contributed by atoms with Gasteiger partial charge in [-0.15, -0.1) is 0 Å². The lowest BCUT2D eigenvalue weighted by atomic mass is 9.99. The molecule has 2 aliphatic rings. The minimum absolute atomic E-state index is 0.000580. The van der Waals surface area contributed by atoms with Gasteiger partial charge in [0.05, 0.1) is 30.8 Å². The van der Waals surface area contributed by atoms with Gasteiger partial charge < -0.3 is 24.4 Å². The number of halogens is 3. The molecule has 10 heteroatoms. The van der Waals surface area contributed by atoms with Crippen molar-refractivity contribution >= 4 is 22.5 Å². The van der Waals surface area contributed by atoms with Crippen molar-refractivity contribution in [3.8, 4) is 11.5 Å². The van der Waals surface area contributed by atoms with Crippen LogP contribution in [-0.4, -0.2) is 55.3 Å².